The topological polar surface area (TPSA) is 57.2 Å². The van der Waals surface area contributed by atoms with Gasteiger partial charge in [-0.25, -0.2) is 0 Å². The van der Waals surface area contributed by atoms with Crippen LogP contribution in [0.25, 0.3) is 10.9 Å². The van der Waals surface area contributed by atoms with E-state index in [-0.39, 0.29) is 5.56 Å². The highest BCUT2D eigenvalue weighted by molar-refractivity contribution is 6.14. The normalized spacial score (nSPS) is 11.5. The molecule has 4 aromatic rings. The molecule has 0 aliphatic rings. The molecule has 0 radical (unpaired) electrons. The second-order valence-corrected chi connectivity index (χ2v) is 5.90. The van der Waals surface area contributed by atoms with Crippen LogP contribution in [0, 0.1) is 0 Å². The number of hydrazone groups is 1. The number of pyridine rings is 1. The van der Waals surface area contributed by atoms with Crippen molar-refractivity contribution in [3.8, 4) is 0 Å². The number of para-hydroxylation sites is 2. The van der Waals surface area contributed by atoms with Crippen molar-refractivity contribution in [2.24, 2.45) is 5.10 Å². The summed E-state index contributed by atoms with van der Waals surface area (Å²) in [4.78, 5) is 15.6. The zero-order chi connectivity index (χ0) is 17.8. The number of nitrogens with zero attached hydrogens (tertiary/aromatic N) is 1. The molecule has 4 nitrogen and oxygen atoms in total. The molecule has 1 heterocycles. The zero-order valence-corrected chi connectivity index (χ0v) is 14.0. The number of H-pyrrole nitrogens is 1. The maximum atomic E-state index is 12.7. The number of aromatic nitrogens is 1. The van der Waals surface area contributed by atoms with E-state index in [4.69, 9.17) is 0 Å². The molecule has 0 fully saturated rings. The van der Waals surface area contributed by atoms with Crippen LogP contribution in [-0.2, 0) is 0 Å². The fourth-order valence-corrected chi connectivity index (χ4v) is 2.83. The minimum atomic E-state index is -0.166. The van der Waals surface area contributed by atoms with Crippen LogP contribution in [0.5, 0.6) is 0 Å². The Morgan fingerprint density at radius 1 is 0.808 bits per heavy atom. The monoisotopic (exact) mass is 339 g/mol. The van der Waals surface area contributed by atoms with E-state index in [2.05, 4.69) is 15.5 Å². The Kier molecular flexibility index (Phi) is 4.31. The number of rotatable bonds is 4. The first-order chi connectivity index (χ1) is 12.8. The summed E-state index contributed by atoms with van der Waals surface area (Å²) in [5, 5.41) is 5.51. The second-order valence-electron chi connectivity index (χ2n) is 5.90. The summed E-state index contributed by atoms with van der Waals surface area (Å²) in [6.45, 7) is 0. The Morgan fingerprint density at radius 3 is 2.23 bits per heavy atom. The Hall–Kier alpha value is -3.66. The molecule has 0 saturated heterocycles. The van der Waals surface area contributed by atoms with Crippen LogP contribution in [0.1, 0.15) is 11.1 Å². The van der Waals surface area contributed by atoms with Crippen molar-refractivity contribution in [3.05, 3.63) is 112 Å². The summed E-state index contributed by atoms with van der Waals surface area (Å²) < 4.78 is 0. The number of aromatic amines is 1. The van der Waals surface area contributed by atoms with Crippen LogP contribution in [0.15, 0.2) is 101 Å². The molecular weight excluding hydrogens is 322 g/mol. The fourth-order valence-electron chi connectivity index (χ4n) is 2.83. The van der Waals surface area contributed by atoms with Gasteiger partial charge in [0.2, 0.25) is 0 Å². The molecule has 0 spiro atoms. The van der Waals surface area contributed by atoms with Crippen molar-refractivity contribution in [1.82, 2.24) is 4.98 Å². The minimum absolute atomic E-state index is 0.166. The van der Waals surface area contributed by atoms with Gasteiger partial charge in [0, 0.05) is 11.1 Å². The SMILES string of the molecule is O=c1[nH]c2ccccc2cc1/C(=N/Nc1ccccc1)c1ccccc1. The van der Waals surface area contributed by atoms with Gasteiger partial charge >= 0.3 is 0 Å². The van der Waals surface area contributed by atoms with Crippen LogP contribution in [-0.4, -0.2) is 10.7 Å². The van der Waals surface area contributed by atoms with E-state index in [0.29, 0.717) is 11.3 Å². The van der Waals surface area contributed by atoms with Gasteiger partial charge in [0.15, 0.2) is 0 Å². The molecule has 0 atom stereocenters. The van der Waals surface area contributed by atoms with E-state index in [1.54, 1.807) is 0 Å². The third-order valence-electron chi connectivity index (χ3n) is 4.13. The maximum absolute atomic E-state index is 12.7. The highest BCUT2D eigenvalue weighted by Crippen LogP contribution is 2.15. The first-order valence-electron chi connectivity index (χ1n) is 8.38. The van der Waals surface area contributed by atoms with Crippen LogP contribution >= 0.6 is 0 Å². The van der Waals surface area contributed by atoms with Gasteiger partial charge in [0.25, 0.3) is 5.56 Å². The number of hydrogen-bond acceptors (Lipinski definition) is 3. The summed E-state index contributed by atoms with van der Waals surface area (Å²) >= 11 is 0. The van der Waals surface area contributed by atoms with Crippen molar-refractivity contribution in [2.45, 2.75) is 0 Å². The predicted molar refractivity (Wildman–Crippen MR) is 107 cm³/mol. The standard InChI is InChI=1S/C22H17N3O/c26-22-19(15-17-11-7-8-14-20(17)23-22)21(16-9-3-1-4-10-16)25-24-18-12-5-2-6-13-18/h1-15,24H,(H,23,26)/b25-21+. The van der Waals surface area contributed by atoms with Gasteiger partial charge in [-0.05, 0) is 29.7 Å². The molecule has 126 valence electrons. The van der Waals surface area contributed by atoms with Crippen LogP contribution in [0.4, 0.5) is 5.69 Å². The number of fused-ring (bicyclic) bond motifs is 1. The summed E-state index contributed by atoms with van der Waals surface area (Å²) in [5.41, 5.74) is 6.55. The molecule has 0 amide bonds. The fraction of sp³-hybridized carbons (Fsp3) is 0. The Morgan fingerprint density at radius 2 is 1.46 bits per heavy atom. The lowest BCUT2D eigenvalue weighted by Gasteiger charge is -2.09. The molecule has 3 aromatic carbocycles. The van der Waals surface area contributed by atoms with Gasteiger partial charge in [0.05, 0.1) is 11.3 Å². The molecule has 4 heteroatoms. The molecule has 0 aliphatic carbocycles. The molecule has 0 bridgehead atoms. The second kappa shape index (κ2) is 7.07. The average Bonchev–Trinajstić information content (AvgIpc) is 2.70. The molecule has 26 heavy (non-hydrogen) atoms. The van der Waals surface area contributed by atoms with Crippen LogP contribution in [0.3, 0.4) is 0 Å². The summed E-state index contributed by atoms with van der Waals surface area (Å²) in [5.74, 6) is 0. The Labute approximate surface area is 150 Å². The molecule has 0 saturated carbocycles. The Balaban J connectivity index is 1.86. The average molecular weight is 339 g/mol. The van der Waals surface area contributed by atoms with Crippen molar-refractivity contribution >= 4 is 22.3 Å². The van der Waals surface area contributed by atoms with E-state index in [0.717, 1.165) is 22.2 Å². The predicted octanol–water partition coefficient (Wildman–Crippen LogP) is 4.39. The van der Waals surface area contributed by atoms with E-state index in [1.165, 1.54) is 0 Å². The largest absolute Gasteiger partial charge is 0.321 e. The summed E-state index contributed by atoms with van der Waals surface area (Å²) in [7, 11) is 0. The molecule has 2 N–H and O–H groups in total. The van der Waals surface area contributed by atoms with Gasteiger partial charge in [-0.3, -0.25) is 10.2 Å². The maximum Gasteiger partial charge on any atom is 0.257 e. The van der Waals surface area contributed by atoms with Gasteiger partial charge in [-0.2, -0.15) is 5.10 Å². The molecule has 0 aliphatic heterocycles. The van der Waals surface area contributed by atoms with Crippen molar-refractivity contribution < 1.29 is 0 Å². The van der Waals surface area contributed by atoms with Crippen molar-refractivity contribution in [2.75, 3.05) is 5.43 Å². The smallest absolute Gasteiger partial charge is 0.257 e. The van der Waals surface area contributed by atoms with Gasteiger partial charge in [-0.15, -0.1) is 0 Å². The zero-order valence-electron chi connectivity index (χ0n) is 14.0. The number of anilines is 1. The number of hydrogen-bond donors (Lipinski definition) is 2. The lowest BCUT2D eigenvalue weighted by atomic mass is 10.0. The van der Waals surface area contributed by atoms with Crippen molar-refractivity contribution in [3.63, 3.8) is 0 Å². The first-order valence-corrected chi connectivity index (χ1v) is 8.38. The van der Waals surface area contributed by atoms with Crippen LogP contribution in [0.2, 0.25) is 0 Å². The molecule has 0 unspecified atom stereocenters. The van der Waals surface area contributed by atoms with E-state index in [9.17, 15) is 4.79 Å². The van der Waals surface area contributed by atoms with Crippen molar-refractivity contribution in [1.29, 1.82) is 0 Å². The summed E-state index contributed by atoms with van der Waals surface area (Å²) in [6.07, 6.45) is 0. The molecule has 1 aromatic heterocycles. The lowest BCUT2D eigenvalue weighted by Crippen LogP contribution is -2.20. The molecule has 4 rings (SSSR count). The lowest BCUT2D eigenvalue weighted by molar-refractivity contribution is 1.26. The Bertz CT molecular complexity index is 1120. The third-order valence-corrected chi connectivity index (χ3v) is 4.13. The van der Waals surface area contributed by atoms with Gasteiger partial charge in [0.1, 0.15) is 5.71 Å². The highest BCUT2D eigenvalue weighted by atomic mass is 16.1. The number of benzene rings is 3. The minimum Gasteiger partial charge on any atom is -0.321 e. The van der Waals surface area contributed by atoms with Gasteiger partial charge in [-0.1, -0.05) is 66.7 Å². The first kappa shape index (κ1) is 15.8. The van der Waals surface area contributed by atoms with Gasteiger partial charge < -0.3 is 4.98 Å². The third kappa shape index (κ3) is 3.26. The summed E-state index contributed by atoms with van der Waals surface area (Å²) in [6, 6.07) is 29.0. The highest BCUT2D eigenvalue weighted by Gasteiger charge is 2.12. The van der Waals surface area contributed by atoms with Crippen LogP contribution < -0.4 is 11.0 Å². The number of nitrogens with one attached hydrogen (secondary N) is 2. The van der Waals surface area contributed by atoms with E-state index >= 15 is 0 Å². The van der Waals surface area contributed by atoms with E-state index < -0.39 is 0 Å². The quantitative estimate of drug-likeness (QED) is 0.428. The molecular formula is C22H17N3O. The van der Waals surface area contributed by atoms with E-state index in [1.807, 2.05) is 91.0 Å².